The van der Waals surface area contributed by atoms with E-state index in [1.54, 1.807) is 54.6 Å². The van der Waals surface area contributed by atoms with Crippen LogP contribution in [0, 0.1) is 35.8 Å². The molecule has 0 fully saturated rings. The largest absolute Gasteiger partial charge is 0.416 e. The topological polar surface area (TPSA) is 105 Å². The first-order valence-electron chi connectivity index (χ1n) is 29.4. The monoisotopic (exact) mass is 1190 g/mol. The van der Waals surface area contributed by atoms with Crippen LogP contribution >= 0.6 is 0 Å². The van der Waals surface area contributed by atoms with Gasteiger partial charge in [-0.15, -0.1) is 0 Å². The first-order chi connectivity index (χ1) is 45.0. The van der Waals surface area contributed by atoms with Crippen LogP contribution in [0.2, 0.25) is 0 Å². The van der Waals surface area contributed by atoms with E-state index in [2.05, 4.69) is 50.7 Å². The molecule has 9 nitrogen and oxygen atoms in total. The second kappa shape index (κ2) is 22.6. The van der Waals surface area contributed by atoms with Crippen LogP contribution < -0.4 is 0 Å². The number of nitrogens with zero attached hydrogens (tertiary/aromatic N) is 9. The van der Waals surface area contributed by atoms with Crippen molar-refractivity contribution < 1.29 is 13.2 Å². The fraction of sp³-hybridized carbons (Fsp3) is 0.0125. The standard InChI is InChI=1S/C80H44F3N9/c1-86-63-31-21-53(22-32-63)59-26-36-71-66(43-59)67-44-60(54-23-33-64(87-2)34-24-54)27-37-72(67)91(71)75-40-30-62(80(81,82)83)46-70(75)65-35-25-61(79-89-77(55-9-5-3-6-10-55)88-78(90-79)56-11-7-4-8-12-56)45-76(65)92-73-38-28-57(51-17-13-49(47-84)14-18-51)41-68(73)69-42-58(29-39-74(69)92)52-19-15-50(48-85)16-20-52/h3-46H. The molecule has 0 bridgehead atoms. The lowest BCUT2D eigenvalue weighted by atomic mass is 9.96. The van der Waals surface area contributed by atoms with Gasteiger partial charge in [-0.3, -0.25) is 0 Å². The van der Waals surface area contributed by atoms with Gasteiger partial charge in [0.25, 0.3) is 0 Å². The lowest BCUT2D eigenvalue weighted by Gasteiger charge is -2.21. The van der Waals surface area contributed by atoms with Gasteiger partial charge in [-0.05, 0) is 142 Å². The quantitative estimate of drug-likeness (QED) is 0.127. The molecule has 0 spiro atoms. The van der Waals surface area contributed by atoms with Crippen molar-refractivity contribution in [3.05, 3.63) is 306 Å². The third kappa shape index (κ3) is 9.99. The molecule has 92 heavy (non-hydrogen) atoms. The van der Waals surface area contributed by atoms with Gasteiger partial charge in [-0.2, -0.15) is 23.7 Å². The van der Waals surface area contributed by atoms with Gasteiger partial charge in [0, 0.05) is 49.4 Å². The molecule has 0 amide bonds. The summed E-state index contributed by atoms with van der Waals surface area (Å²) >= 11 is 0. The van der Waals surface area contributed by atoms with Gasteiger partial charge < -0.3 is 9.13 Å². The smallest absolute Gasteiger partial charge is 0.309 e. The minimum atomic E-state index is -4.76. The van der Waals surface area contributed by atoms with Crippen molar-refractivity contribution in [3.8, 4) is 113 Å². The summed E-state index contributed by atoms with van der Waals surface area (Å²) in [6, 6.07) is 87.4. The fourth-order valence-electron chi connectivity index (χ4n) is 12.4. The third-order valence-electron chi connectivity index (χ3n) is 16.9. The van der Waals surface area contributed by atoms with Gasteiger partial charge in [-0.25, -0.2) is 24.6 Å². The second-order valence-corrected chi connectivity index (χ2v) is 22.3. The summed E-state index contributed by atoms with van der Waals surface area (Å²) in [6.07, 6.45) is -4.76. The Morgan fingerprint density at radius 1 is 0.326 bits per heavy atom. The van der Waals surface area contributed by atoms with Crippen molar-refractivity contribution >= 4 is 55.0 Å². The molecule has 0 aliphatic carbocycles. The predicted molar refractivity (Wildman–Crippen MR) is 359 cm³/mol. The van der Waals surface area contributed by atoms with E-state index in [0.717, 1.165) is 105 Å². The molecule has 15 rings (SSSR count). The van der Waals surface area contributed by atoms with Crippen molar-refractivity contribution in [1.82, 2.24) is 24.1 Å². The van der Waals surface area contributed by atoms with E-state index < -0.39 is 11.7 Å². The zero-order valence-corrected chi connectivity index (χ0v) is 48.6. The van der Waals surface area contributed by atoms with Gasteiger partial charge in [0.2, 0.25) is 0 Å². The highest BCUT2D eigenvalue weighted by molar-refractivity contribution is 6.14. The van der Waals surface area contributed by atoms with Crippen LogP contribution in [0.5, 0.6) is 0 Å². The SMILES string of the molecule is [C-]#[N+]c1ccc(-c2ccc3c(c2)c2cc(-c4ccc([N+]#[C-])cc4)ccc2n3-c2ccc(C(F)(F)F)cc2-c2ccc(-c3nc(-c4ccccc4)nc(-c4ccccc4)n3)cc2-n2c3ccc(-c4ccc(C#N)cc4)cc3c3cc(-c4ccc(C#N)cc4)ccc32)cc1. The molecule has 0 saturated carbocycles. The Morgan fingerprint density at radius 3 is 1.04 bits per heavy atom. The van der Waals surface area contributed by atoms with Crippen molar-refractivity contribution in [2.24, 2.45) is 0 Å². The summed E-state index contributed by atoms with van der Waals surface area (Å²) in [5.41, 5.74) is 15.1. The summed E-state index contributed by atoms with van der Waals surface area (Å²) in [5, 5.41) is 22.8. The Balaban J connectivity index is 1.04. The number of hydrogen-bond donors (Lipinski definition) is 0. The molecular formula is C80H44F3N9. The van der Waals surface area contributed by atoms with Crippen molar-refractivity contribution in [2.75, 3.05) is 0 Å². The zero-order valence-electron chi connectivity index (χ0n) is 48.6. The Hall–Kier alpha value is -13.0. The Morgan fingerprint density at radius 2 is 0.674 bits per heavy atom. The number of hydrogen-bond acceptors (Lipinski definition) is 5. The summed E-state index contributed by atoms with van der Waals surface area (Å²) in [5.74, 6) is 1.20. The molecule has 12 heteroatoms. The number of aromatic nitrogens is 5. The molecule has 12 aromatic carbocycles. The van der Waals surface area contributed by atoms with Crippen LogP contribution in [-0.2, 0) is 6.18 Å². The van der Waals surface area contributed by atoms with E-state index in [0.29, 0.717) is 62.5 Å². The highest BCUT2D eigenvalue weighted by atomic mass is 19.4. The molecule has 430 valence electrons. The van der Waals surface area contributed by atoms with Crippen LogP contribution in [0.3, 0.4) is 0 Å². The molecule has 0 radical (unpaired) electrons. The molecular weight excluding hydrogens is 1140 g/mol. The zero-order chi connectivity index (χ0) is 62.6. The molecule has 0 saturated heterocycles. The van der Waals surface area contributed by atoms with Crippen LogP contribution in [-0.4, -0.2) is 24.1 Å². The molecule has 0 unspecified atom stereocenters. The van der Waals surface area contributed by atoms with Crippen molar-refractivity contribution in [3.63, 3.8) is 0 Å². The lowest BCUT2D eigenvalue weighted by Crippen LogP contribution is -2.08. The van der Waals surface area contributed by atoms with E-state index >= 15 is 13.2 Å². The maximum absolute atomic E-state index is 15.7. The van der Waals surface area contributed by atoms with E-state index in [1.165, 1.54) is 6.07 Å². The number of nitriles is 2. The van der Waals surface area contributed by atoms with E-state index in [9.17, 15) is 10.5 Å². The molecule has 0 aliphatic rings. The minimum absolute atomic E-state index is 0.279. The minimum Gasteiger partial charge on any atom is -0.309 e. The third-order valence-corrected chi connectivity index (χ3v) is 16.9. The van der Waals surface area contributed by atoms with Crippen LogP contribution in [0.1, 0.15) is 16.7 Å². The summed E-state index contributed by atoms with van der Waals surface area (Å²) in [7, 11) is 0. The average molecular weight is 1190 g/mol. The van der Waals surface area contributed by atoms with Crippen LogP contribution in [0.15, 0.2) is 267 Å². The molecule has 0 atom stereocenters. The molecule has 0 aliphatic heterocycles. The normalized spacial score (nSPS) is 11.4. The maximum Gasteiger partial charge on any atom is 0.416 e. The highest BCUT2D eigenvalue weighted by Crippen LogP contribution is 2.47. The van der Waals surface area contributed by atoms with Crippen LogP contribution in [0.4, 0.5) is 24.5 Å². The van der Waals surface area contributed by atoms with Gasteiger partial charge in [-0.1, -0.05) is 170 Å². The fourth-order valence-corrected chi connectivity index (χ4v) is 12.4. The number of benzene rings is 12. The summed E-state index contributed by atoms with van der Waals surface area (Å²) in [4.78, 5) is 22.5. The first kappa shape index (κ1) is 55.6. The molecule has 3 heterocycles. The number of rotatable bonds is 10. The van der Waals surface area contributed by atoms with Crippen molar-refractivity contribution in [1.29, 1.82) is 10.5 Å². The van der Waals surface area contributed by atoms with Gasteiger partial charge >= 0.3 is 6.18 Å². The molecule has 3 aromatic heterocycles. The van der Waals surface area contributed by atoms with E-state index in [-0.39, 0.29) is 5.56 Å². The molecule has 15 aromatic rings. The Bertz CT molecular complexity index is 5340. The lowest BCUT2D eigenvalue weighted by molar-refractivity contribution is -0.137. The van der Waals surface area contributed by atoms with E-state index in [4.69, 9.17) is 28.1 Å². The summed E-state index contributed by atoms with van der Waals surface area (Å²) in [6.45, 7) is 15.2. The predicted octanol–water partition coefficient (Wildman–Crippen LogP) is 21.3. The Labute approximate surface area is 526 Å². The number of halogens is 3. The van der Waals surface area contributed by atoms with Crippen LogP contribution in [0.25, 0.3) is 154 Å². The van der Waals surface area contributed by atoms with Gasteiger partial charge in [0.1, 0.15) is 0 Å². The highest BCUT2D eigenvalue weighted by Gasteiger charge is 2.33. The second-order valence-electron chi connectivity index (χ2n) is 22.3. The first-order valence-corrected chi connectivity index (χ1v) is 29.4. The maximum atomic E-state index is 15.7. The van der Waals surface area contributed by atoms with Crippen molar-refractivity contribution in [2.45, 2.75) is 6.18 Å². The van der Waals surface area contributed by atoms with E-state index in [1.807, 2.05) is 180 Å². The number of fused-ring (bicyclic) bond motifs is 6. The number of alkyl halides is 3. The van der Waals surface area contributed by atoms with Gasteiger partial charge in [0.15, 0.2) is 28.8 Å². The Kier molecular flexibility index (Phi) is 13.7. The summed E-state index contributed by atoms with van der Waals surface area (Å²) < 4.78 is 51.4. The molecule has 0 N–H and O–H groups in total. The van der Waals surface area contributed by atoms with Gasteiger partial charge in [0.05, 0.1) is 75.4 Å². The average Bonchev–Trinajstić information content (AvgIpc) is 1.55.